The molecule has 0 heterocycles. The van der Waals surface area contributed by atoms with Crippen LogP contribution >= 0.6 is 23.2 Å². The van der Waals surface area contributed by atoms with Gasteiger partial charge in [0.2, 0.25) is 21.8 Å². The van der Waals surface area contributed by atoms with E-state index in [1.165, 1.54) is 4.90 Å². The highest BCUT2D eigenvalue weighted by atomic mass is 35.5. The van der Waals surface area contributed by atoms with E-state index in [-0.39, 0.29) is 18.5 Å². The molecule has 0 spiro atoms. The van der Waals surface area contributed by atoms with E-state index in [0.29, 0.717) is 26.9 Å². The van der Waals surface area contributed by atoms with E-state index < -0.39 is 28.5 Å². The molecular weight excluding hydrogens is 521 g/mol. The molecule has 10 heteroatoms. The Morgan fingerprint density at radius 3 is 2.36 bits per heavy atom. The summed E-state index contributed by atoms with van der Waals surface area (Å²) >= 11 is 12.4. The summed E-state index contributed by atoms with van der Waals surface area (Å²) in [5.41, 5.74) is 1.73. The Morgan fingerprint density at radius 2 is 1.75 bits per heavy atom. The first-order valence-corrected chi connectivity index (χ1v) is 14.6. The van der Waals surface area contributed by atoms with E-state index in [1.807, 2.05) is 0 Å². The summed E-state index contributed by atoms with van der Waals surface area (Å²) in [5, 5.41) is 3.88. The number of amides is 2. The van der Waals surface area contributed by atoms with Gasteiger partial charge in [-0.1, -0.05) is 66.7 Å². The summed E-state index contributed by atoms with van der Waals surface area (Å²) in [6.45, 7) is 3.01. The second-order valence-electron chi connectivity index (χ2n) is 9.33. The van der Waals surface area contributed by atoms with Crippen molar-refractivity contribution in [3.05, 3.63) is 63.6 Å². The number of para-hydroxylation sites is 1. The van der Waals surface area contributed by atoms with Gasteiger partial charge in [-0.2, -0.15) is 0 Å². The molecule has 0 bridgehead atoms. The van der Waals surface area contributed by atoms with Crippen molar-refractivity contribution in [2.24, 2.45) is 0 Å². The molecule has 0 aromatic heterocycles. The van der Waals surface area contributed by atoms with Gasteiger partial charge in [-0.05, 0) is 56.0 Å². The molecule has 1 aliphatic rings. The first kappa shape index (κ1) is 28.3. The maximum absolute atomic E-state index is 13.7. The molecule has 2 amide bonds. The lowest BCUT2D eigenvalue weighted by Crippen LogP contribution is -2.53. The fraction of sp³-hybridized carbons (Fsp3) is 0.462. The molecule has 7 nitrogen and oxygen atoms in total. The fourth-order valence-corrected chi connectivity index (χ4v) is 5.80. The Hall–Kier alpha value is -2.29. The Kier molecular flexibility index (Phi) is 9.66. The largest absolute Gasteiger partial charge is 0.352 e. The van der Waals surface area contributed by atoms with Crippen molar-refractivity contribution in [3.8, 4) is 0 Å². The molecule has 2 aromatic carbocycles. The van der Waals surface area contributed by atoms with Crippen LogP contribution in [0.2, 0.25) is 10.0 Å². The summed E-state index contributed by atoms with van der Waals surface area (Å²) in [4.78, 5) is 28.3. The van der Waals surface area contributed by atoms with E-state index in [2.05, 4.69) is 5.32 Å². The third-order valence-electron chi connectivity index (χ3n) is 6.54. The molecule has 1 unspecified atom stereocenters. The van der Waals surface area contributed by atoms with Crippen molar-refractivity contribution in [2.75, 3.05) is 17.1 Å². The van der Waals surface area contributed by atoms with Crippen LogP contribution in [-0.2, 0) is 26.2 Å². The number of anilines is 1. The van der Waals surface area contributed by atoms with E-state index in [0.717, 1.165) is 42.7 Å². The molecule has 1 atom stereocenters. The number of halogens is 2. The Bertz CT molecular complexity index is 1200. The van der Waals surface area contributed by atoms with E-state index >= 15 is 0 Å². The Balaban J connectivity index is 1.91. The van der Waals surface area contributed by atoms with Gasteiger partial charge >= 0.3 is 0 Å². The second-order valence-corrected chi connectivity index (χ2v) is 12.1. The van der Waals surface area contributed by atoms with Crippen LogP contribution in [0.4, 0.5) is 5.69 Å². The number of carbonyl (C=O) groups is 2. The molecular formula is C26H33Cl2N3O4S. The summed E-state index contributed by atoms with van der Waals surface area (Å²) in [5.74, 6) is -0.789. The molecule has 2 aromatic rings. The van der Waals surface area contributed by atoms with Gasteiger partial charge in [-0.25, -0.2) is 8.42 Å². The van der Waals surface area contributed by atoms with Gasteiger partial charge in [-0.15, -0.1) is 0 Å². The third kappa shape index (κ3) is 7.37. The van der Waals surface area contributed by atoms with E-state index in [1.54, 1.807) is 56.3 Å². The van der Waals surface area contributed by atoms with Gasteiger partial charge in [0.1, 0.15) is 12.6 Å². The van der Waals surface area contributed by atoms with Crippen LogP contribution in [0, 0.1) is 6.92 Å². The number of rotatable bonds is 9. The van der Waals surface area contributed by atoms with Crippen LogP contribution in [0.1, 0.15) is 50.2 Å². The molecule has 0 saturated heterocycles. The smallest absolute Gasteiger partial charge is 0.244 e. The molecule has 0 aliphatic heterocycles. The minimum atomic E-state index is -3.78. The molecule has 3 rings (SSSR count). The van der Waals surface area contributed by atoms with Gasteiger partial charge in [0, 0.05) is 22.6 Å². The average Bonchev–Trinajstić information content (AvgIpc) is 2.82. The highest BCUT2D eigenvalue weighted by molar-refractivity contribution is 7.92. The second kappa shape index (κ2) is 12.3. The average molecular weight is 555 g/mol. The minimum Gasteiger partial charge on any atom is -0.352 e. The fourth-order valence-electron chi connectivity index (χ4n) is 4.42. The number of nitrogens with one attached hydrogen (secondary N) is 1. The SMILES string of the molecule is Cc1ccccc1N(CC(=O)N(Cc1ccc(Cl)cc1Cl)C(C)C(=O)NC1CCCCC1)S(C)(=O)=O. The van der Waals surface area contributed by atoms with Crippen LogP contribution in [-0.4, -0.2) is 50.0 Å². The lowest BCUT2D eigenvalue weighted by molar-refractivity contribution is -0.139. The summed E-state index contributed by atoms with van der Waals surface area (Å²) in [7, 11) is -3.78. The summed E-state index contributed by atoms with van der Waals surface area (Å²) in [6.07, 6.45) is 6.15. The predicted molar refractivity (Wildman–Crippen MR) is 145 cm³/mol. The summed E-state index contributed by atoms with van der Waals surface area (Å²) < 4.78 is 26.5. The maximum Gasteiger partial charge on any atom is 0.244 e. The first-order chi connectivity index (χ1) is 17.0. The van der Waals surface area contributed by atoms with Crippen molar-refractivity contribution < 1.29 is 18.0 Å². The van der Waals surface area contributed by atoms with Crippen LogP contribution in [0.25, 0.3) is 0 Å². The zero-order valence-corrected chi connectivity index (χ0v) is 23.2. The number of carbonyl (C=O) groups excluding carboxylic acids is 2. The zero-order valence-electron chi connectivity index (χ0n) is 20.8. The van der Waals surface area contributed by atoms with E-state index in [9.17, 15) is 18.0 Å². The number of hydrogen-bond donors (Lipinski definition) is 1. The Labute approximate surface area is 223 Å². The third-order valence-corrected chi connectivity index (χ3v) is 8.25. The van der Waals surface area contributed by atoms with Crippen molar-refractivity contribution in [1.29, 1.82) is 0 Å². The maximum atomic E-state index is 13.7. The number of sulfonamides is 1. The van der Waals surface area contributed by atoms with E-state index in [4.69, 9.17) is 23.2 Å². The lowest BCUT2D eigenvalue weighted by atomic mass is 9.95. The monoisotopic (exact) mass is 553 g/mol. The van der Waals surface area contributed by atoms with Crippen LogP contribution in [0.5, 0.6) is 0 Å². The Morgan fingerprint density at radius 1 is 1.08 bits per heavy atom. The van der Waals surface area contributed by atoms with Gasteiger partial charge in [-0.3, -0.25) is 13.9 Å². The molecule has 1 N–H and O–H groups in total. The van der Waals surface area contributed by atoms with Gasteiger partial charge < -0.3 is 10.2 Å². The molecule has 36 heavy (non-hydrogen) atoms. The highest BCUT2D eigenvalue weighted by Crippen LogP contribution is 2.26. The van der Waals surface area contributed by atoms with Crippen LogP contribution < -0.4 is 9.62 Å². The molecule has 1 fully saturated rings. The zero-order chi connectivity index (χ0) is 26.5. The first-order valence-electron chi connectivity index (χ1n) is 12.0. The summed E-state index contributed by atoms with van der Waals surface area (Å²) in [6, 6.07) is 11.1. The van der Waals surface area contributed by atoms with Gasteiger partial charge in [0.05, 0.1) is 11.9 Å². The van der Waals surface area contributed by atoms with Gasteiger partial charge in [0.15, 0.2) is 0 Å². The number of nitrogens with zero attached hydrogens (tertiary/aromatic N) is 2. The molecule has 0 radical (unpaired) electrons. The van der Waals surface area contributed by atoms with Crippen LogP contribution in [0.15, 0.2) is 42.5 Å². The topological polar surface area (TPSA) is 86.8 Å². The molecule has 196 valence electrons. The van der Waals surface area contributed by atoms with Crippen molar-refractivity contribution in [3.63, 3.8) is 0 Å². The van der Waals surface area contributed by atoms with Crippen molar-refractivity contribution >= 4 is 50.7 Å². The quantitative estimate of drug-likeness (QED) is 0.476. The normalized spacial score (nSPS) is 15.2. The number of hydrogen-bond acceptors (Lipinski definition) is 4. The van der Waals surface area contributed by atoms with Crippen molar-refractivity contribution in [2.45, 2.75) is 64.6 Å². The minimum absolute atomic E-state index is 0.0272. The standard InChI is InChI=1S/C26H33Cl2N3O4S/c1-18-9-7-8-12-24(18)31(36(3,34)35)17-25(32)30(16-20-13-14-21(27)15-23(20)28)19(2)26(33)29-22-10-5-4-6-11-22/h7-9,12-15,19,22H,4-6,10-11,16-17H2,1-3H3,(H,29,33). The highest BCUT2D eigenvalue weighted by Gasteiger charge is 2.31. The number of aryl methyl sites for hydroxylation is 1. The number of benzene rings is 2. The van der Waals surface area contributed by atoms with Crippen molar-refractivity contribution in [1.82, 2.24) is 10.2 Å². The van der Waals surface area contributed by atoms with Gasteiger partial charge in [0.25, 0.3) is 0 Å². The molecule has 1 saturated carbocycles. The van der Waals surface area contributed by atoms with Crippen LogP contribution in [0.3, 0.4) is 0 Å². The predicted octanol–water partition coefficient (Wildman–Crippen LogP) is 4.93. The molecule has 1 aliphatic carbocycles. The lowest BCUT2D eigenvalue weighted by Gasteiger charge is -2.33.